The first-order valence-electron chi connectivity index (χ1n) is 7.63. The fourth-order valence-electron chi connectivity index (χ4n) is 2.02. The number of rotatable bonds is 7. The minimum Gasteiger partial charge on any atom is -0.403 e. The summed E-state index contributed by atoms with van der Waals surface area (Å²) in [7, 11) is 0. The van der Waals surface area contributed by atoms with Gasteiger partial charge < -0.3 is 4.42 Å². The second kappa shape index (κ2) is 8.39. The lowest BCUT2D eigenvalue weighted by molar-refractivity contribution is -0.116. The molecule has 0 atom stereocenters. The molecule has 0 radical (unpaired) electrons. The molecule has 25 heavy (non-hydrogen) atoms. The van der Waals surface area contributed by atoms with Crippen molar-refractivity contribution in [1.82, 2.24) is 15.2 Å². The molecule has 3 rings (SSSR count). The summed E-state index contributed by atoms with van der Waals surface area (Å²) in [6.45, 7) is 0. The Morgan fingerprint density at radius 1 is 1.12 bits per heavy atom. The van der Waals surface area contributed by atoms with Gasteiger partial charge in [-0.15, -0.1) is 16.9 Å². The Hall–Kier alpha value is -2.74. The van der Waals surface area contributed by atoms with Crippen LogP contribution in [0.15, 0.2) is 58.1 Å². The molecule has 1 aromatic carbocycles. The van der Waals surface area contributed by atoms with Gasteiger partial charge in [-0.05, 0) is 48.6 Å². The quantitative estimate of drug-likeness (QED) is 0.511. The van der Waals surface area contributed by atoms with Crippen molar-refractivity contribution in [2.75, 3.05) is 11.1 Å². The third-order valence-corrected chi connectivity index (χ3v) is 4.33. The van der Waals surface area contributed by atoms with Gasteiger partial charge in [-0.2, -0.15) is 0 Å². The number of nitrogens with zero attached hydrogens (tertiary/aromatic N) is 3. The molecule has 0 aliphatic heterocycles. The highest BCUT2D eigenvalue weighted by Gasteiger charge is 2.11. The summed E-state index contributed by atoms with van der Waals surface area (Å²) in [5, 5.41) is 10.3. The lowest BCUT2D eigenvalue weighted by atomic mass is 10.3. The molecule has 1 N–H and O–H groups in total. The van der Waals surface area contributed by atoms with Crippen molar-refractivity contribution in [2.45, 2.75) is 17.7 Å². The van der Waals surface area contributed by atoms with Crippen LogP contribution in [0.3, 0.4) is 0 Å². The Labute approximate surface area is 147 Å². The van der Waals surface area contributed by atoms with Crippen LogP contribution in [0.1, 0.15) is 12.8 Å². The number of carbonyl (C=O) groups excluding carboxylic acids is 1. The summed E-state index contributed by atoms with van der Waals surface area (Å²) in [4.78, 5) is 16.8. The van der Waals surface area contributed by atoms with Crippen LogP contribution in [-0.2, 0) is 4.79 Å². The normalized spacial score (nSPS) is 10.6. The average molecular weight is 358 g/mol. The van der Waals surface area contributed by atoms with Crippen LogP contribution in [-0.4, -0.2) is 26.8 Å². The summed E-state index contributed by atoms with van der Waals surface area (Å²) >= 11 is 1.57. The summed E-state index contributed by atoms with van der Waals surface area (Å²) < 4.78 is 18.2. The van der Waals surface area contributed by atoms with Crippen molar-refractivity contribution in [2.24, 2.45) is 0 Å². The highest BCUT2D eigenvalue weighted by atomic mass is 32.2. The highest BCUT2D eigenvalue weighted by molar-refractivity contribution is 7.99. The van der Waals surface area contributed by atoms with E-state index >= 15 is 0 Å². The van der Waals surface area contributed by atoms with Crippen LogP contribution in [0, 0.1) is 5.82 Å². The zero-order valence-electron chi connectivity index (χ0n) is 13.2. The lowest BCUT2D eigenvalue weighted by Gasteiger charge is -2.02. The Bertz CT molecular complexity index is 824. The summed E-state index contributed by atoms with van der Waals surface area (Å²) in [5.41, 5.74) is 0.735. The Morgan fingerprint density at radius 3 is 2.64 bits per heavy atom. The topological polar surface area (TPSA) is 80.9 Å². The molecule has 0 aliphatic rings. The number of thioether (sulfide) groups is 1. The van der Waals surface area contributed by atoms with Crippen molar-refractivity contribution in [3.8, 4) is 11.5 Å². The van der Waals surface area contributed by atoms with Gasteiger partial charge in [0.15, 0.2) is 0 Å². The number of anilines is 1. The van der Waals surface area contributed by atoms with Crippen molar-refractivity contribution in [3.63, 3.8) is 0 Å². The molecule has 2 aromatic heterocycles. The minimum atomic E-state index is -0.255. The van der Waals surface area contributed by atoms with E-state index in [1.807, 2.05) is 0 Å². The third kappa shape index (κ3) is 5.12. The fourth-order valence-corrected chi connectivity index (χ4v) is 2.87. The molecule has 0 saturated carbocycles. The van der Waals surface area contributed by atoms with Gasteiger partial charge in [-0.1, -0.05) is 5.10 Å². The van der Waals surface area contributed by atoms with E-state index in [4.69, 9.17) is 4.42 Å². The molecule has 6 nitrogen and oxygen atoms in total. The van der Waals surface area contributed by atoms with Gasteiger partial charge in [0.25, 0.3) is 0 Å². The van der Waals surface area contributed by atoms with Gasteiger partial charge in [0.05, 0.1) is 0 Å². The van der Waals surface area contributed by atoms with E-state index in [2.05, 4.69) is 20.5 Å². The first-order valence-corrected chi connectivity index (χ1v) is 8.61. The standard InChI is InChI=1S/C17H15FN4O2S/c18-13-3-5-14(6-4-13)25-11-1-2-15(23)20-17-22-21-16(24-17)12-7-9-19-10-8-12/h3-10H,1-2,11H2,(H,20,22,23). The highest BCUT2D eigenvalue weighted by Crippen LogP contribution is 2.20. The summed E-state index contributed by atoms with van der Waals surface area (Å²) in [5.74, 6) is 0.633. The molecule has 2 heterocycles. The molecule has 0 saturated heterocycles. The Balaban J connectivity index is 1.42. The molecule has 3 aromatic rings. The van der Waals surface area contributed by atoms with Crippen LogP contribution in [0.5, 0.6) is 0 Å². The van der Waals surface area contributed by atoms with Crippen LogP contribution < -0.4 is 5.32 Å². The van der Waals surface area contributed by atoms with Crippen molar-refractivity contribution < 1.29 is 13.6 Å². The number of benzene rings is 1. The van der Waals surface area contributed by atoms with Crippen LogP contribution in [0.4, 0.5) is 10.4 Å². The molecular formula is C17H15FN4O2S. The number of halogens is 1. The van der Waals surface area contributed by atoms with E-state index in [0.717, 1.165) is 16.2 Å². The first-order chi connectivity index (χ1) is 12.2. The maximum absolute atomic E-state index is 12.8. The molecule has 0 fully saturated rings. The van der Waals surface area contributed by atoms with Gasteiger partial charge in [0.2, 0.25) is 11.8 Å². The molecule has 0 spiro atoms. The average Bonchev–Trinajstić information content (AvgIpc) is 3.09. The van der Waals surface area contributed by atoms with E-state index in [-0.39, 0.29) is 17.7 Å². The number of carbonyl (C=O) groups is 1. The molecule has 0 unspecified atom stereocenters. The summed E-state index contributed by atoms with van der Waals surface area (Å²) in [6, 6.07) is 9.84. The van der Waals surface area contributed by atoms with Crippen molar-refractivity contribution in [3.05, 3.63) is 54.6 Å². The van der Waals surface area contributed by atoms with Crippen LogP contribution in [0.25, 0.3) is 11.5 Å². The Kier molecular flexibility index (Phi) is 5.73. The van der Waals surface area contributed by atoms with Gasteiger partial charge in [0, 0.05) is 29.3 Å². The van der Waals surface area contributed by atoms with Gasteiger partial charge >= 0.3 is 6.01 Å². The predicted molar refractivity (Wildman–Crippen MR) is 92.5 cm³/mol. The SMILES string of the molecule is O=C(CCCSc1ccc(F)cc1)Nc1nnc(-c2ccncc2)o1. The van der Waals surface area contributed by atoms with Crippen LogP contribution in [0.2, 0.25) is 0 Å². The van der Waals surface area contributed by atoms with E-state index in [1.165, 1.54) is 12.1 Å². The number of nitrogens with one attached hydrogen (secondary N) is 1. The molecule has 0 aliphatic carbocycles. The number of hydrogen-bond acceptors (Lipinski definition) is 6. The summed E-state index contributed by atoms with van der Waals surface area (Å²) in [6.07, 6.45) is 4.26. The number of hydrogen-bond donors (Lipinski definition) is 1. The zero-order chi connectivity index (χ0) is 17.5. The van der Waals surface area contributed by atoms with Crippen molar-refractivity contribution in [1.29, 1.82) is 0 Å². The zero-order valence-corrected chi connectivity index (χ0v) is 14.0. The maximum atomic E-state index is 12.8. The smallest absolute Gasteiger partial charge is 0.322 e. The molecule has 128 valence electrons. The predicted octanol–water partition coefficient (Wildman–Crippen LogP) is 3.78. The van der Waals surface area contributed by atoms with E-state index in [1.54, 1.807) is 48.4 Å². The monoisotopic (exact) mass is 358 g/mol. The molecule has 1 amide bonds. The van der Waals surface area contributed by atoms with E-state index in [0.29, 0.717) is 18.7 Å². The van der Waals surface area contributed by atoms with E-state index < -0.39 is 0 Å². The van der Waals surface area contributed by atoms with E-state index in [9.17, 15) is 9.18 Å². The Morgan fingerprint density at radius 2 is 1.88 bits per heavy atom. The van der Waals surface area contributed by atoms with Gasteiger partial charge in [-0.25, -0.2) is 4.39 Å². The maximum Gasteiger partial charge on any atom is 0.322 e. The second-order valence-corrected chi connectivity index (χ2v) is 6.27. The molecular weight excluding hydrogens is 343 g/mol. The number of amides is 1. The largest absolute Gasteiger partial charge is 0.403 e. The van der Waals surface area contributed by atoms with Crippen LogP contribution >= 0.6 is 11.8 Å². The van der Waals surface area contributed by atoms with Crippen molar-refractivity contribution >= 4 is 23.7 Å². The number of pyridine rings is 1. The van der Waals surface area contributed by atoms with Gasteiger partial charge in [0.1, 0.15) is 5.82 Å². The molecule has 8 heteroatoms. The lowest BCUT2D eigenvalue weighted by Crippen LogP contribution is -2.11. The second-order valence-electron chi connectivity index (χ2n) is 5.10. The van der Waals surface area contributed by atoms with Gasteiger partial charge in [-0.3, -0.25) is 15.1 Å². The minimum absolute atomic E-state index is 0.0722. The molecule has 0 bridgehead atoms. The third-order valence-electron chi connectivity index (χ3n) is 3.23. The number of aromatic nitrogens is 3. The first kappa shape index (κ1) is 17.1. The fraction of sp³-hybridized carbons (Fsp3) is 0.176.